The Morgan fingerprint density at radius 2 is 2.14 bits per heavy atom. The third-order valence-corrected chi connectivity index (χ3v) is 3.60. The van der Waals surface area contributed by atoms with Crippen molar-refractivity contribution in [1.29, 1.82) is 0 Å². The topological polar surface area (TPSA) is 118 Å². The minimum atomic E-state index is -1.30. The van der Waals surface area contributed by atoms with Gasteiger partial charge in [-0.1, -0.05) is 5.16 Å². The van der Waals surface area contributed by atoms with Crippen LogP contribution in [0.25, 0.3) is 0 Å². The van der Waals surface area contributed by atoms with E-state index in [4.69, 9.17) is 4.42 Å². The van der Waals surface area contributed by atoms with Crippen LogP contribution in [-0.4, -0.2) is 28.6 Å². The van der Waals surface area contributed by atoms with Gasteiger partial charge in [-0.15, -0.1) is 0 Å². The smallest absolute Gasteiger partial charge is 0.314 e. The van der Waals surface area contributed by atoms with Crippen molar-refractivity contribution in [2.45, 2.75) is 18.4 Å². The summed E-state index contributed by atoms with van der Waals surface area (Å²) in [5.41, 5.74) is -1.30. The molecule has 2 amide bonds. The molecule has 1 unspecified atom stereocenters. The van der Waals surface area contributed by atoms with Crippen LogP contribution in [0.1, 0.15) is 18.6 Å². The summed E-state index contributed by atoms with van der Waals surface area (Å²) >= 11 is 0. The number of anilines is 1. The Hall–Kier alpha value is -2.61. The highest BCUT2D eigenvalue weighted by atomic mass is 16.5. The molecule has 1 aliphatic carbocycles. The molecule has 0 saturated heterocycles. The maximum Gasteiger partial charge on any atom is 0.314 e. The van der Waals surface area contributed by atoms with Gasteiger partial charge in [0.15, 0.2) is 5.82 Å². The van der Waals surface area contributed by atoms with Crippen LogP contribution in [0.4, 0.5) is 5.82 Å². The van der Waals surface area contributed by atoms with E-state index in [2.05, 4.69) is 20.3 Å². The zero-order valence-electron chi connectivity index (χ0n) is 11.6. The Kier molecular flexibility index (Phi) is 3.68. The third kappa shape index (κ3) is 2.86. The van der Waals surface area contributed by atoms with Crippen molar-refractivity contribution < 1.29 is 23.6 Å². The Morgan fingerprint density at radius 3 is 2.73 bits per heavy atom. The molecule has 2 aromatic rings. The summed E-state index contributed by atoms with van der Waals surface area (Å²) in [6.07, 6.45) is 4.43. The van der Waals surface area contributed by atoms with E-state index >= 15 is 0 Å². The number of nitrogens with one attached hydrogen (secondary N) is 2. The lowest BCUT2D eigenvalue weighted by atomic mass is 9.94. The molecular formula is C14H15N3O5. The number of aliphatic hydroxyl groups is 1. The second-order valence-electron chi connectivity index (χ2n) is 5.20. The SMILES string of the molecule is O=C(NCC(O)(c1ccco1)C1CC1)C(=O)Nc1ccon1. The monoisotopic (exact) mass is 305 g/mol. The molecule has 2 aromatic heterocycles. The number of hydrogen-bond acceptors (Lipinski definition) is 6. The fraction of sp³-hybridized carbons (Fsp3) is 0.357. The van der Waals surface area contributed by atoms with Crippen LogP contribution in [0.15, 0.2) is 39.7 Å². The van der Waals surface area contributed by atoms with Crippen LogP contribution >= 0.6 is 0 Å². The van der Waals surface area contributed by atoms with Crippen molar-refractivity contribution in [2.24, 2.45) is 5.92 Å². The third-order valence-electron chi connectivity index (χ3n) is 3.60. The molecule has 3 rings (SSSR count). The van der Waals surface area contributed by atoms with Gasteiger partial charge in [0.05, 0.1) is 12.8 Å². The Balaban J connectivity index is 1.60. The summed E-state index contributed by atoms with van der Waals surface area (Å²) in [6, 6.07) is 4.73. The van der Waals surface area contributed by atoms with Crippen LogP contribution in [-0.2, 0) is 15.2 Å². The number of carbonyl (C=O) groups is 2. The lowest BCUT2D eigenvalue weighted by molar-refractivity contribution is -0.137. The number of nitrogens with zero attached hydrogens (tertiary/aromatic N) is 1. The van der Waals surface area contributed by atoms with Gasteiger partial charge in [-0.25, -0.2) is 0 Å². The van der Waals surface area contributed by atoms with Gasteiger partial charge < -0.3 is 19.4 Å². The molecule has 1 saturated carbocycles. The van der Waals surface area contributed by atoms with Gasteiger partial charge in [0.2, 0.25) is 0 Å². The number of carbonyl (C=O) groups excluding carboxylic acids is 2. The van der Waals surface area contributed by atoms with Gasteiger partial charge in [0.1, 0.15) is 17.6 Å². The average Bonchev–Trinajstić information content (AvgIpc) is 3.01. The van der Waals surface area contributed by atoms with E-state index < -0.39 is 17.4 Å². The quantitative estimate of drug-likeness (QED) is 0.697. The predicted octanol–water partition coefficient (Wildman–Crippen LogP) is 0.620. The minimum Gasteiger partial charge on any atom is -0.466 e. The number of rotatable bonds is 5. The van der Waals surface area contributed by atoms with Crippen molar-refractivity contribution in [2.75, 3.05) is 11.9 Å². The molecule has 0 radical (unpaired) electrons. The average molecular weight is 305 g/mol. The summed E-state index contributed by atoms with van der Waals surface area (Å²) in [7, 11) is 0. The zero-order chi connectivity index (χ0) is 15.6. The lowest BCUT2D eigenvalue weighted by Crippen LogP contribution is -2.45. The van der Waals surface area contributed by atoms with Crippen molar-refractivity contribution in [1.82, 2.24) is 10.5 Å². The molecule has 1 atom stereocenters. The van der Waals surface area contributed by atoms with Crippen LogP contribution in [0, 0.1) is 5.92 Å². The number of aromatic nitrogens is 1. The first-order chi connectivity index (χ1) is 10.6. The molecule has 3 N–H and O–H groups in total. The van der Waals surface area contributed by atoms with Crippen molar-refractivity contribution in [3.63, 3.8) is 0 Å². The summed E-state index contributed by atoms with van der Waals surface area (Å²) in [5.74, 6) is -1.21. The first-order valence-corrected chi connectivity index (χ1v) is 6.85. The summed E-state index contributed by atoms with van der Waals surface area (Å²) in [4.78, 5) is 23.5. The maximum atomic E-state index is 11.8. The molecule has 8 nitrogen and oxygen atoms in total. The van der Waals surface area contributed by atoms with Gasteiger partial charge in [-0.2, -0.15) is 0 Å². The first-order valence-electron chi connectivity index (χ1n) is 6.85. The predicted molar refractivity (Wildman–Crippen MR) is 73.5 cm³/mol. The second-order valence-corrected chi connectivity index (χ2v) is 5.20. The maximum absolute atomic E-state index is 11.8. The molecule has 0 aromatic carbocycles. The Bertz CT molecular complexity index is 648. The van der Waals surface area contributed by atoms with Crippen molar-refractivity contribution in [3.05, 3.63) is 36.5 Å². The zero-order valence-corrected chi connectivity index (χ0v) is 11.6. The molecule has 1 aliphatic rings. The van der Waals surface area contributed by atoms with Gasteiger partial charge in [-0.3, -0.25) is 14.9 Å². The van der Waals surface area contributed by atoms with E-state index in [9.17, 15) is 14.7 Å². The Labute approximate surface area is 125 Å². The van der Waals surface area contributed by atoms with Crippen LogP contribution in [0.3, 0.4) is 0 Å². The van der Waals surface area contributed by atoms with Crippen LogP contribution in [0.2, 0.25) is 0 Å². The minimum absolute atomic E-state index is 0.0116. The molecule has 0 spiro atoms. The summed E-state index contributed by atoms with van der Waals surface area (Å²) in [5, 5.41) is 18.9. The van der Waals surface area contributed by atoms with E-state index in [1.165, 1.54) is 18.6 Å². The fourth-order valence-corrected chi connectivity index (χ4v) is 2.26. The largest absolute Gasteiger partial charge is 0.466 e. The highest BCUT2D eigenvalue weighted by Crippen LogP contribution is 2.45. The van der Waals surface area contributed by atoms with Crippen LogP contribution < -0.4 is 10.6 Å². The van der Waals surface area contributed by atoms with E-state index in [1.54, 1.807) is 12.1 Å². The van der Waals surface area contributed by atoms with Gasteiger partial charge in [0.25, 0.3) is 0 Å². The van der Waals surface area contributed by atoms with E-state index in [1.807, 2.05) is 0 Å². The van der Waals surface area contributed by atoms with Crippen molar-refractivity contribution in [3.8, 4) is 0 Å². The van der Waals surface area contributed by atoms with E-state index in [0.29, 0.717) is 5.76 Å². The molecule has 0 aliphatic heterocycles. The molecule has 0 bridgehead atoms. The van der Waals surface area contributed by atoms with Crippen LogP contribution in [0.5, 0.6) is 0 Å². The molecule has 2 heterocycles. The molecule has 116 valence electrons. The molecule has 8 heteroatoms. The van der Waals surface area contributed by atoms with E-state index in [-0.39, 0.29) is 18.3 Å². The normalized spacial score (nSPS) is 16.8. The summed E-state index contributed by atoms with van der Waals surface area (Å²) < 4.78 is 9.80. The van der Waals surface area contributed by atoms with Gasteiger partial charge >= 0.3 is 11.8 Å². The van der Waals surface area contributed by atoms with Gasteiger partial charge in [-0.05, 0) is 30.9 Å². The fourth-order valence-electron chi connectivity index (χ4n) is 2.26. The van der Waals surface area contributed by atoms with E-state index in [0.717, 1.165) is 12.8 Å². The summed E-state index contributed by atoms with van der Waals surface area (Å²) in [6.45, 7) is -0.101. The molecule has 1 fully saturated rings. The number of hydrogen-bond donors (Lipinski definition) is 3. The highest BCUT2D eigenvalue weighted by molar-refractivity contribution is 6.39. The lowest BCUT2D eigenvalue weighted by Gasteiger charge is -2.26. The standard InChI is InChI=1S/C14H15N3O5/c18-12(13(19)16-11-5-7-22-17-11)15-8-14(20,9-3-4-9)10-2-1-6-21-10/h1-2,5-7,9,20H,3-4,8H2,(H,15,18)(H,16,17,19). The molecular weight excluding hydrogens is 290 g/mol. The highest BCUT2D eigenvalue weighted by Gasteiger charge is 2.47. The van der Waals surface area contributed by atoms with Crippen molar-refractivity contribution >= 4 is 17.6 Å². The number of furan rings is 1. The first kappa shape index (κ1) is 14.3. The second kappa shape index (κ2) is 5.64. The van der Waals surface area contributed by atoms with Gasteiger partial charge in [0, 0.05) is 6.07 Å². The molecule has 22 heavy (non-hydrogen) atoms. The number of amides is 2. The Morgan fingerprint density at radius 1 is 1.32 bits per heavy atom.